The van der Waals surface area contributed by atoms with E-state index in [0.29, 0.717) is 6.61 Å². The van der Waals surface area contributed by atoms with E-state index < -0.39 is 0 Å². The molecule has 0 aromatic rings. The molecule has 3 heteroatoms. The predicted octanol–water partition coefficient (Wildman–Crippen LogP) is 3.83. The van der Waals surface area contributed by atoms with Crippen molar-refractivity contribution < 1.29 is 9.53 Å². The molecular formula is C13H27NO2. The van der Waals surface area contributed by atoms with Gasteiger partial charge in [-0.25, -0.2) is 4.79 Å². The van der Waals surface area contributed by atoms with Gasteiger partial charge in [0, 0.05) is 13.1 Å². The van der Waals surface area contributed by atoms with Gasteiger partial charge in [0.05, 0.1) is 6.61 Å². The average Bonchev–Trinajstić information content (AvgIpc) is 2.28. The summed E-state index contributed by atoms with van der Waals surface area (Å²) in [6.45, 7) is 8.34. The van der Waals surface area contributed by atoms with E-state index >= 15 is 0 Å². The van der Waals surface area contributed by atoms with E-state index in [2.05, 4.69) is 13.8 Å². The molecule has 0 radical (unpaired) electrons. The Labute approximate surface area is 100 Å². The normalized spacial score (nSPS) is 10.2. The van der Waals surface area contributed by atoms with Crippen LogP contribution >= 0.6 is 0 Å². The number of amides is 1. The Morgan fingerprint density at radius 2 is 1.56 bits per heavy atom. The Bertz CT molecular complexity index is 171. The Balaban J connectivity index is 3.84. The summed E-state index contributed by atoms with van der Waals surface area (Å²) in [7, 11) is 0. The average molecular weight is 229 g/mol. The molecule has 0 aromatic carbocycles. The van der Waals surface area contributed by atoms with Gasteiger partial charge < -0.3 is 9.64 Å². The van der Waals surface area contributed by atoms with E-state index in [1.165, 1.54) is 19.3 Å². The van der Waals surface area contributed by atoms with Gasteiger partial charge >= 0.3 is 6.09 Å². The molecule has 3 nitrogen and oxygen atoms in total. The molecule has 96 valence electrons. The lowest BCUT2D eigenvalue weighted by atomic mass is 10.2. The minimum absolute atomic E-state index is 0.146. The first-order valence-electron chi connectivity index (χ1n) is 6.67. The third kappa shape index (κ3) is 7.55. The Morgan fingerprint density at radius 1 is 0.938 bits per heavy atom. The van der Waals surface area contributed by atoms with Gasteiger partial charge in [0.1, 0.15) is 0 Å². The predicted molar refractivity (Wildman–Crippen MR) is 67.6 cm³/mol. The van der Waals surface area contributed by atoms with E-state index in [4.69, 9.17) is 4.74 Å². The molecule has 0 aliphatic carbocycles. The van der Waals surface area contributed by atoms with Crippen LogP contribution in [0.5, 0.6) is 0 Å². The third-order valence-electron chi connectivity index (χ3n) is 2.59. The second-order valence-corrected chi connectivity index (χ2v) is 4.10. The number of carbonyl (C=O) groups is 1. The largest absolute Gasteiger partial charge is 0.450 e. The highest BCUT2D eigenvalue weighted by Gasteiger charge is 2.12. The van der Waals surface area contributed by atoms with E-state index in [1.54, 1.807) is 0 Å². The molecule has 0 atom stereocenters. The van der Waals surface area contributed by atoms with E-state index in [9.17, 15) is 4.79 Å². The summed E-state index contributed by atoms with van der Waals surface area (Å²) >= 11 is 0. The molecule has 1 amide bonds. The van der Waals surface area contributed by atoms with Crippen LogP contribution in [-0.2, 0) is 4.74 Å². The highest BCUT2D eigenvalue weighted by atomic mass is 16.6. The molecule has 0 heterocycles. The van der Waals surface area contributed by atoms with Gasteiger partial charge in [0.25, 0.3) is 0 Å². The van der Waals surface area contributed by atoms with Gasteiger partial charge in [-0.05, 0) is 19.8 Å². The lowest BCUT2D eigenvalue weighted by Gasteiger charge is -2.21. The summed E-state index contributed by atoms with van der Waals surface area (Å²) < 4.78 is 5.05. The molecule has 0 rings (SSSR count). The Morgan fingerprint density at radius 3 is 2.12 bits per heavy atom. The van der Waals surface area contributed by atoms with Crippen molar-refractivity contribution in [2.75, 3.05) is 19.7 Å². The molecule has 0 saturated heterocycles. The zero-order valence-electron chi connectivity index (χ0n) is 11.1. The zero-order chi connectivity index (χ0) is 12.2. The molecule has 0 fully saturated rings. The number of rotatable bonds is 9. The van der Waals surface area contributed by atoms with Crippen LogP contribution in [0.1, 0.15) is 59.3 Å². The summed E-state index contributed by atoms with van der Waals surface area (Å²) in [6, 6.07) is 0. The minimum atomic E-state index is -0.146. The van der Waals surface area contributed by atoms with Crippen LogP contribution in [-0.4, -0.2) is 30.7 Å². The molecule has 0 unspecified atom stereocenters. The highest BCUT2D eigenvalue weighted by Crippen LogP contribution is 2.04. The van der Waals surface area contributed by atoms with Crippen molar-refractivity contribution in [3.8, 4) is 0 Å². The second-order valence-electron chi connectivity index (χ2n) is 4.10. The maximum Gasteiger partial charge on any atom is 0.409 e. The zero-order valence-corrected chi connectivity index (χ0v) is 11.1. The standard InChI is InChI=1S/C13H27NO2/c1-4-7-9-10-12-14(11-8-5-2)13(15)16-6-3/h4-12H2,1-3H3. The second kappa shape index (κ2) is 10.8. The number of carbonyl (C=O) groups excluding carboxylic acids is 1. The minimum Gasteiger partial charge on any atom is -0.450 e. The Hall–Kier alpha value is -0.730. The molecule has 0 N–H and O–H groups in total. The van der Waals surface area contributed by atoms with Gasteiger partial charge in [-0.3, -0.25) is 0 Å². The molecular weight excluding hydrogens is 202 g/mol. The molecule has 0 aliphatic rings. The maximum absolute atomic E-state index is 11.6. The van der Waals surface area contributed by atoms with Crippen molar-refractivity contribution in [1.29, 1.82) is 0 Å². The summed E-state index contributed by atoms with van der Waals surface area (Å²) in [6.07, 6.45) is 6.82. The first-order valence-corrected chi connectivity index (χ1v) is 6.67. The van der Waals surface area contributed by atoms with Crippen molar-refractivity contribution in [2.24, 2.45) is 0 Å². The fourth-order valence-electron chi connectivity index (χ4n) is 1.59. The van der Waals surface area contributed by atoms with Crippen LogP contribution in [0.15, 0.2) is 0 Å². The number of hydrogen-bond donors (Lipinski definition) is 0. The fourth-order valence-corrected chi connectivity index (χ4v) is 1.59. The maximum atomic E-state index is 11.6. The van der Waals surface area contributed by atoms with Crippen molar-refractivity contribution in [3.05, 3.63) is 0 Å². The van der Waals surface area contributed by atoms with Gasteiger partial charge in [-0.15, -0.1) is 0 Å². The first kappa shape index (κ1) is 15.3. The van der Waals surface area contributed by atoms with Gasteiger partial charge in [0.15, 0.2) is 0 Å². The summed E-state index contributed by atoms with van der Waals surface area (Å²) in [4.78, 5) is 13.5. The molecule has 0 spiro atoms. The summed E-state index contributed by atoms with van der Waals surface area (Å²) in [5.41, 5.74) is 0. The lowest BCUT2D eigenvalue weighted by Crippen LogP contribution is -2.33. The smallest absolute Gasteiger partial charge is 0.409 e. The number of ether oxygens (including phenoxy) is 1. The fraction of sp³-hybridized carbons (Fsp3) is 0.923. The van der Waals surface area contributed by atoms with Crippen LogP contribution in [0.3, 0.4) is 0 Å². The van der Waals surface area contributed by atoms with Gasteiger partial charge in [0.2, 0.25) is 0 Å². The number of nitrogens with zero attached hydrogens (tertiary/aromatic N) is 1. The van der Waals surface area contributed by atoms with Crippen molar-refractivity contribution in [1.82, 2.24) is 4.90 Å². The van der Waals surface area contributed by atoms with E-state index in [-0.39, 0.29) is 6.09 Å². The van der Waals surface area contributed by atoms with E-state index in [1.807, 2.05) is 11.8 Å². The molecule has 0 aromatic heterocycles. The molecule has 0 saturated carbocycles. The van der Waals surface area contributed by atoms with Gasteiger partial charge in [-0.1, -0.05) is 39.5 Å². The number of unbranched alkanes of at least 4 members (excludes halogenated alkanes) is 4. The Kier molecular flexibility index (Phi) is 10.3. The van der Waals surface area contributed by atoms with Crippen molar-refractivity contribution in [3.63, 3.8) is 0 Å². The van der Waals surface area contributed by atoms with Crippen LogP contribution in [0.25, 0.3) is 0 Å². The van der Waals surface area contributed by atoms with Crippen LogP contribution < -0.4 is 0 Å². The van der Waals surface area contributed by atoms with Crippen LogP contribution in [0.2, 0.25) is 0 Å². The summed E-state index contributed by atoms with van der Waals surface area (Å²) in [5.74, 6) is 0. The summed E-state index contributed by atoms with van der Waals surface area (Å²) in [5, 5.41) is 0. The molecule has 16 heavy (non-hydrogen) atoms. The molecule has 0 aliphatic heterocycles. The van der Waals surface area contributed by atoms with Crippen molar-refractivity contribution in [2.45, 2.75) is 59.3 Å². The lowest BCUT2D eigenvalue weighted by molar-refractivity contribution is 0.106. The quantitative estimate of drug-likeness (QED) is 0.562. The highest BCUT2D eigenvalue weighted by molar-refractivity contribution is 5.67. The monoisotopic (exact) mass is 229 g/mol. The third-order valence-corrected chi connectivity index (χ3v) is 2.59. The van der Waals surface area contributed by atoms with Crippen molar-refractivity contribution >= 4 is 6.09 Å². The van der Waals surface area contributed by atoms with Crippen LogP contribution in [0.4, 0.5) is 4.79 Å². The van der Waals surface area contributed by atoms with Crippen LogP contribution in [0, 0.1) is 0 Å². The van der Waals surface area contributed by atoms with E-state index in [0.717, 1.165) is 32.4 Å². The van der Waals surface area contributed by atoms with Gasteiger partial charge in [-0.2, -0.15) is 0 Å². The topological polar surface area (TPSA) is 29.5 Å². The SMILES string of the molecule is CCCCCCN(CCCC)C(=O)OCC. The first-order chi connectivity index (χ1) is 7.76. The number of hydrogen-bond acceptors (Lipinski definition) is 2. The molecule has 0 bridgehead atoms.